The van der Waals surface area contributed by atoms with Crippen molar-refractivity contribution in [2.75, 3.05) is 32.5 Å². The summed E-state index contributed by atoms with van der Waals surface area (Å²) in [6.07, 6.45) is 0. The second-order valence-electron chi connectivity index (χ2n) is 3.50. The lowest BCUT2D eigenvalue weighted by atomic mass is 10.2. The number of nitriles is 1. The molecule has 0 aliphatic carbocycles. The number of benzene rings is 1. The van der Waals surface area contributed by atoms with Gasteiger partial charge in [-0.2, -0.15) is 5.26 Å². The van der Waals surface area contributed by atoms with E-state index in [0.29, 0.717) is 5.56 Å². The summed E-state index contributed by atoms with van der Waals surface area (Å²) in [5.41, 5.74) is 1.55. The monoisotopic (exact) mass is 267 g/mol. The topological polar surface area (TPSA) is 39.1 Å². The van der Waals surface area contributed by atoms with Gasteiger partial charge in [-0.05, 0) is 42.2 Å². The molecule has 0 saturated heterocycles. The molecule has 0 bridgehead atoms. The molecular weight excluding hydrogens is 254 g/mol. The van der Waals surface area contributed by atoms with Crippen LogP contribution < -0.4 is 5.32 Å². The molecule has 0 heterocycles. The highest BCUT2D eigenvalue weighted by atomic mass is 79.9. The molecule has 1 N–H and O–H groups in total. The van der Waals surface area contributed by atoms with Crippen LogP contribution in [-0.2, 0) is 0 Å². The molecule has 3 nitrogen and oxygen atoms in total. The van der Waals surface area contributed by atoms with Gasteiger partial charge in [0.25, 0.3) is 0 Å². The fraction of sp³-hybridized carbons (Fsp3) is 0.364. The Labute approximate surface area is 98.8 Å². The lowest BCUT2D eigenvalue weighted by Crippen LogP contribution is -2.21. The van der Waals surface area contributed by atoms with Crippen molar-refractivity contribution in [2.45, 2.75) is 0 Å². The van der Waals surface area contributed by atoms with Gasteiger partial charge in [0.1, 0.15) is 6.07 Å². The zero-order chi connectivity index (χ0) is 11.3. The molecule has 0 radical (unpaired) electrons. The molecule has 0 aliphatic rings. The molecule has 0 aromatic heterocycles. The maximum absolute atomic E-state index is 8.98. The molecule has 0 fully saturated rings. The van der Waals surface area contributed by atoms with Gasteiger partial charge in [-0.25, -0.2) is 0 Å². The minimum Gasteiger partial charge on any atom is -0.383 e. The highest BCUT2D eigenvalue weighted by Crippen LogP contribution is 2.23. The van der Waals surface area contributed by atoms with E-state index in [-0.39, 0.29) is 0 Å². The van der Waals surface area contributed by atoms with Gasteiger partial charge in [0.15, 0.2) is 0 Å². The van der Waals surface area contributed by atoms with Crippen molar-refractivity contribution >= 4 is 21.6 Å². The average Bonchev–Trinajstić information content (AvgIpc) is 2.17. The first-order valence-corrected chi connectivity index (χ1v) is 5.51. The van der Waals surface area contributed by atoms with E-state index in [2.05, 4.69) is 32.2 Å². The van der Waals surface area contributed by atoms with Crippen LogP contribution in [0.3, 0.4) is 0 Å². The van der Waals surface area contributed by atoms with Crippen molar-refractivity contribution < 1.29 is 0 Å². The fourth-order valence-corrected chi connectivity index (χ4v) is 1.65. The molecule has 80 valence electrons. The second-order valence-corrected chi connectivity index (χ2v) is 4.36. The molecule has 1 aromatic rings. The van der Waals surface area contributed by atoms with Gasteiger partial charge < -0.3 is 10.2 Å². The SMILES string of the molecule is CN(C)CCNc1cccc(Br)c1C#N. The van der Waals surface area contributed by atoms with Crippen LogP contribution in [0, 0.1) is 11.3 Å². The van der Waals surface area contributed by atoms with Crippen molar-refractivity contribution in [3.63, 3.8) is 0 Å². The summed E-state index contributed by atoms with van der Waals surface area (Å²) in [7, 11) is 4.04. The summed E-state index contributed by atoms with van der Waals surface area (Å²) in [5.74, 6) is 0. The van der Waals surface area contributed by atoms with Crippen LogP contribution in [0.5, 0.6) is 0 Å². The molecule has 1 aromatic carbocycles. The molecule has 4 heteroatoms. The lowest BCUT2D eigenvalue weighted by molar-refractivity contribution is 0.425. The average molecular weight is 268 g/mol. The smallest absolute Gasteiger partial charge is 0.103 e. The highest BCUT2D eigenvalue weighted by molar-refractivity contribution is 9.10. The summed E-state index contributed by atoms with van der Waals surface area (Å²) in [6, 6.07) is 7.88. The van der Waals surface area contributed by atoms with Crippen molar-refractivity contribution in [3.05, 3.63) is 28.2 Å². The van der Waals surface area contributed by atoms with Gasteiger partial charge in [0.05, 0.1) is 11.3 Å². The molecule has 0 saturated carbocycles. The van der Waals surface area contributed by atoms with Gasteiger partial charge >= 0.3 is 0 Å². The van der Waals surface area contributed by atoms with E-state index in [4.69, 9.17) is 5.26 Å². The first-order chi connectivity index (χ1) is 7.15. The van der Waals surface area contributed by atoms with Gasteiger partial charge in [-0.1, -0.05) is 6.07 Å². The van der Waals surface area contributed by atoms with Crippen LogP contribution >= 0.6 is 15.9 Å². The number of anilines is 1. The minimum absolute atomic E-state index is 0.663. The van der Waals surface area contributed by atoms with Crippen LogP contribution in [0.15, 0.2) is 22.7 Å². The molecule has 0 spiro atoms. The van der Waals surface area contributed by atoms with E-state index in [0.717, 1.165) is 23.2 Å². The molecular formula is C11H14BrN3. The van der Waals surface area contributed by atoms with Gasteiger partial charge in [-0.3, -0.25) is 0 Å². The van der Waals surface area contributed by atoms with Crippen molar-refractivity contribution in [1.29, 1.82) is 5.26 Å². The van der Waals surface area contributed by atoms with E-state index in [1.54, 1.807) is 0 Å². The standard InChI is InChI=1S/C11H14BrN3/c1-15(2)7-6-14-11-5-3-4-10(12)9(11)8-13/h3-5,14H,6-7H2,1-2H3. The van der Waals surface area contributed by atoms with E-state index >= 15 is 0 Å². The predicted octanol–water partition coefficient (Wildman–Crippen LogP) is 2.29. The van der Waals surface area contributed by atoms with Crippen LogP contribution in [0.1, 0.15) is 5.56 Å². The van der Waals surface area contributed by atoms with Crippen LogP contribution in [0.4, 0.5) is 5.69 Å². The van der Waals surface area contributed by atoms with Crippen LogP contribution in [0.25, 0.3) is 0 Å². The quantitative estimate of drug-likeness (QED) is 0.910. The zero-order valence-corrected chi connectivity index (χ0v) is 10.5. The molecule has 0 unspecified atom stereocenters. The van der Waals surface area contributed by atoms with Gasteiger partial charge in [0.2, 0.25) is 0 Å². The number of nitrogens with zero attached hydrogens (tertiary/aromatic N) is 2. The van der Waals surface area contributed by atoms with Crippen molar-refractivity contribution in [1.82, 2.24) is 4.90 Å². The maximum atomic E-state index is 8.98. The van der Waals surface area contributed by atoms with Crippen LogP contribution in [-0.4, -0.2) is 32.1 Å². The van der Waals surface area contributed by atoms with E-state index in [1.807, 2.05) is 32.3 Å². The number of rotatable bonds is 4. The third kappa shape index (κ3) is 3.54. The van der Waals surface area contributed by atoms with Gasteiger partial charge in [0, 0.05) is 17.6 Å². The summed E-state index contributed by atoms with van der Waals surface area (Å²) < 4.78 is 0.833. The second kappa shape index (κ2) is 5.74. The number of hydrogen-bond acceptors (Lipinski definition) is 3. The van der Waals surface area contributed by atoms with Crippen LogP contribution in [0.2, 0.25) is 0 Å². The largest absolute Gasteiger partial charge is 0.383 e. The first-order valence-electron chi connectivity index (χ1n) is 4.72. The Hall–Kier alpha value is -1.05. The number of halogens is 1. The highest BCUT2D eigenvalue weighted by Gasteiger charge is 2.04. The van der Waals surface area contributed by atoms with Gasteiger partial charge in [-0.15, -0.1) is 0 Å². The minimum atomic E-state index is 0.663. The maximum Gasteiger partial charge on any atom is 0.103 e. The van der Waals surface area contributed by atoms with E-state index in [9.17, 15) is 0 Å². The zero-order valence-electron chi connectivity index (χ0n) is 8.92. The lowest BCUT2D eigenvalue weighted by Gasteiger charge is -2.12. The number of hydrogen-bond donors (Lipinski definition) is 1. The summed E-state index contributed by atoms with van der Waals surface area (Å²) in [5, 5.41) is 12.2. The third-order valence-electron chi connectivity index (χ3n) is 2.00. The Kier molecular flexibility index (Phi) is 4.60. The number of nitrogens with one attached hydrogen (secondary N) is 1. The third-order valence-corrected chi connectivity index (χ3v) is 2.66. The molecule has 1 rings (SSSR count). The Balaban J connectivity index is 2.69. The Morgan fingerprint density at radius 3 is 2.80 bits per heavy atom. The first kappa shape index (κ1) is 12.0. The van der Waals surface area contributed by atoms with E-state index in [1.165, 1.54) is 0 Å². The Morgan fingerprint density at radius 2 is 2.20 bits per heavy atom. The van der Waals surface area contributed by atoms with Crippen molar-refractivity contribution in [2.24, 2.45) is 0 Å². The summed E-state index contributed by atoms with van der Waals surface area (Å²) in [4.78, 5) is 2.09. The normalized spacial score (nSPS) is 10.1. The molecule has 15 heavy (non-hydrogen) atoms. The predicted molar refractivity (Wildman–Crippen MR) is 65.9 cm³/mol. The fourth-order valence-electron chi connectivity index (χ4n) is 1.20. The molecule has 0 amide bonds. The number of likely N-dealkylation sites (N-methyl/N-ethyl adjacent to an activating group) is 1. The Morgan fingerprint density at radius 1 is 1.47 bits per heavy atom. The van der Waals surface area contributed by atoms with Crippen molar-refractivity contribution in [3.8, 4) is 6.07 Å². The Bertz CT molecular complexity index is 369. The molecule has 0 atom stereocenters. The summed E-state index contributed by atoms with van der Waals surface area (Å²) in [6.45, 7) is 1.77. The van der Waals surface area contributed by atoms with E-state index < -0.39 is 0 Å². The summed E-state index contributed by atoms with van der Waals surface area (Å²) >= 11 is 3.36. The molecule has 0 aliphatic heterocycles.